The summed E-state index contributed by atoms with van der Waals surface area (Å²) < 4.78 is 36.7. The van der Waals surface area contributed by atoms with Crippen molar-refractivity contribution in [1.82, 2.24) is 0 Å². The molecule has 1 saturated carbocycles. The van der Waals surface area contributed by atoms with E-state index < -0.39 is 14.4 Å². The molecule has 0 nitrogen and oxygen atoms in total. The van der Waals surface area contributed by atoms with Gasteiger partial charge in [-0.05, 0) is 0 Å². The third kappa shape index (κ3) is 4.16. The van der Waals surface area contributed by atoms with Crippen molar-refractivity contribution < 1.29 is 12.6 Å². The summed E-state index contributed by atoms with van der Waals surface area (Å²) in [6, 6.07) is 0. The average Bonchev–Trinajstić information content (AvgIpc) is 2.02. The van der Waals surface area contributed by atoms with E-state index in [0.29, 0.717) is 11.8 Å². The molecule has 0 amide bonds. The molecule has 4 heteroatoms. The molecular formula is C10H20F3P. The van der Waals surface area contributed by atoms with Gasteiger partial charge in [-0.2, -0.15) is 0 Å². The van der Waals surface area contributed by atoms with Crippen LogP contribution in [0.4, 0.5) is 12.6 Å². The number of rotatable bonds is 3. The molecule has 1 aliphatic rings. The third-order valence-corrected chi connectivity index (χ3v) is 4.39. The second kappa shape index (κ2) is 4.83. The molecule has 0 aromatic carbocycles. The molecule has 0 aromatic rings. The van der Waals surface area contributed by atoms with Crippen LogP contribution < -0.4 is 0 Å². The Bertz CT molecular complexity index is 169. The molecule has 86 valence electrons. The van der Waals surface area contributed by atoms with E-state index >= 15 is 0 Å². The van der Waals surface area contributed by atoms with Crippen LogP contribution in [0.25, 0.3) is 0 Å². The Hall–Kier alpha value is 0.220. The fourth-order valence-electron chi connectivity index (χ4n) is 2.39. The summed E-state index contributed by atoms with van der Waals surface area (Å²) in [6.45, 7) is 4.34. The average molecular weight is 228 g/mol. The first kappa shape index (κ1) is 12.3. The van der Waals surface area contributed by atoms with Crippen molar-refractivity contribution in [3.63, 3.8) is 0 Å². The maximum atomic E-state index is 12.2. The van der Waals surface area contributed by atoms with Crippen molar-refractivity contribution in [1.29, 1.82) is 0 Å². The molecule has 0 N–H and O–H groups in total. The summed E-state index contributed by atoms with van der Waals surface area (Å²) in [5.41, 5.74) is 0. The van der Waals surface area contributed by atoms with E-state index in [4.69, 9.17) is 0 Å². The molecule has 0 spiro atoms. The van der Waals surface area contributed by atoms with Crippen LogP contribution in [0.15, 0.2) is 0 Å². The Morgan fingerprint density at radius 2 is 1.57 bits per heavy atom. The normalized spacial score (nSPS) is 30.7. The summed E-state index contributed by atoms with van der Waals surface area (Å²) in [7, 11) is -5.29. The molecule has 0 unspecified atom stereocenters. The van der Waals surface area contributed by atoms with Gasteiger partial charge in [0.25, 0.3) is 0 Å². The van der Waals surface area contributed by atoms with Gasteiger partial charge in [-0.3, -0.25) is 0 Å². The van der Waals surface area contributed by atoms with Crippen molar-refractivity contribution in [3.05, 3.63) is 0 Å². The van der Waals surface area contributed by atoms with Crippen LogP contribution in [0.3, 0.4) is 0 Å². The van der Waals surface area contributed by atoms with Gasteiger partial charge < -0.3 is 0 Å². The zero-order valence-electron chi connectivity index (χ0n) is 8.90. The summed E-state index contributed by atoms with van der Waals surface area (Å²) in [4.78, 5) is 0. The molecule has 0 saturated heterocycles. The van der Waals surface area contributed by atoms with Gasteiger partial charge in [-0.15, -0.1) is 0 Å². The van der Waals surface area contributed by atoms with Crippen LogP contribution in [0.5, 0.6) is 0 Å². The van der Waals surface area contributed by atoms with Crippen LogP contribution >= 0.6 is 8.19 Å². The van der Waals surface area contributed by atoms with E-state index in [-0.39, 0.29) is 5.92 Å². The summed E-state index contributed by atoms with van der Waals surface area (Å²) in [5, 5.41) is 0. The van der Waals surface area contributed by atoms with Gasteiger partial charge in [0.2, 0.25) is 0 Å². The molecule has 0 atom stereocenters. The van der Waals surface area contributed by atoms with Gasteiger partial charge >= 0.3 is 84.2 Å². The molecule has 1 fully saturated rings. The number of hydrogen-bond donors (Lipinski definition) is 0. The van der Waals surface area contributed by atoms with E-state index in [1.54, 1.807) is 0 Å². The van der Waals surface area contributed by atoms with Gasteiger partial charge in [0.1, 0.15) is 0 Å². The second-order valence-electron chi connectivity index (χ2n) is 4.84. The number of hydrogen-bond acceptors (Lipinski definition) is 0. The van der Waals surface area contributed by atoms with Crippen molar-refractivity contribution in [2.45, 2.75) is 39.5 Å². The maximum absolute atomic E-state index is 12.2. The monoisotopic (exact) mass is 228 g/mol. The van der Waals surface area contributed by atoms with E-state index in [1.807, 2.05) is 0 Å². The Morgan fingerprint density at radius 1 is 1.07 bits per heavy atom. The van der Waals surface area contributed by atoms with Crippen LogP contribution in [-0.2, 0) is 0 Å². The molecule has 0 aromatic heterocycles. The van der Waals surface area contributed by atoms with Gasteiger partial charge in [-0.25, -0.2) is 0 Å². The van der Waals surface area contributed by atoms with E-state index in [9.17, 15) is 12.6 Å². The standard InChI is InChI=1S/C10H20F3P/c1-8(2)10-5-3-9(4-6-10)7-14(11,12)13/h8-10,14H,3-7H2,1-2H3. The fourth-order valence-corrected chi connectivity index (χ4v) is 3.45. The Balaban J connectivity index is 2.29. The topological polar surface area (TPSA) is 0 Å². The van der Waals surface area contributed by atoms with Gasteiger partial charge in [-0.1, -0.05) is 0 Å². The molecule has 0 heterocycles. The molecular weight excluding hydrogens is 208 g/mol. The van der Waals surface area contributed by atoms with Crippen LogP contribution in [0.2, 0.25) is 0 Å². The van der Waals surface area contributed by atoms with Crippen LogP contribution in [0.1, 0.15) is 39.5 Å². The zero-order chi connectivity index (χ0) is 10.8. The van der Waals surface area contributed by atoms with Gasteiger partial charge in [0, 0.05) is 0 Å². The molecule has 0 bridgehead atoms. The van der Waals surface area contributed by atoms with Crippen LogP contribution in [0, 0.1) is 17.8 Å². The van der Waals surface area contributed by atoms with E-state index in [2.05, 4.69) is 13.8 Å². The van der Waals surface area contributed by atoms with Crippen molar-refractivity contribution in [2.24, 2.45) is 17.8 Å². The summed E-state index contributed by atoms with van der Waals surface area (Å²) in [6.07, 6.45) is 3.18. The van der Waals surface area contributed by atoms with E-state index in [0.717, 1.165) is 25.7 Å². The zero-order valence-corrected chi connectivity index (χ0v) is 9.90. The minimum absolute atomic E-state index is 0.0448. The predicted molar refractivity (Wildman–Crippen MR) is 56.8 cm³/mol. The SMILES string of the molecule is CC(C)C1CCC(C[PH](F)(F)F)CC1. The molecule has 0 aliphatic heterocycles. The van der Waals surface area contributed by atoms with Crippen molar-refractivity contribution >= 4 is 8.19 Å². The molecule has 1 aliphatic carbocycles. The van der Waals surface area contributed by atoms with Gasteiger partial charge in [0.05, 0.1) is 0 Å². The van der Waals surface area contributed by atoms with E-state index in [1.165, 1.54) is 0 Å². The van der Waals surface area contributed by atoms with Crippen molar-refractivity contribution in [2.75, 3.05) is 6.16 Å². The Labute approximate surface area is 85.0 Å². The molecule has 0 radical (unpaired) electrons. The minimum atomic E-state index is -5.29. The third-order valence-electron chi connectivity index (χ3n) is 3.35. The van der Waals surface area contributed by atoms with Gasteiger partial charge in [0.15, 0.2) is 0 Å². The van der Waals surface area contributed by atoms with Crippen LogP contribution in [-0.4, -0.2) is 6.16 Å². The quantitative estimate of drug-likeness (QED) is 0.605. The second-order valence-corrected chi connectivity index (χ2v) is 6.48. The number of halogens is 3. The van der Waals surface area contributed by atoms with Crippen molar-refractivity contribution in [3.8, 4) is 0 Å². The summed E-state index contributed by atoms with van der Waals surface area (Å²) in [5.74, 6) is 1.26. The predicted octanol–water partition coefficient (Wildman–Crippen LogP) is 4.85. The first-order valence-corrected chi connectivity index (χ1v) is 7.29. The molecule has 14 heavy (non-hydrogen) atoms. The fraction of sp³-hybridized carbons (Fsp3) is 1.00. The Morgan fingerprint density at radius 3 is 1.93 bits per heavy atom. The first-order chi connectivity index (χ1) is 6.38. The Kier molecular flexibility index (Phi) is 4.24. The molecule has 1 rings (SSSR count). The summed E-state index contributed by atoms with van der Waals surface area (Å²) >= 11 is 0. The first-order valence-electron chi connectivity index (χ1n) is 5.45.